The standard InChI is InChI=1S/C16H27N7O3S.HI/c1-18-16(22-13-4-9-23(10-5-13)12-15(17)24)20-7-8-21-27(25,26)14-3-2-6-19-11-14;/h2-3,6,11,13,21H,4-5,7-10,12H2,1H3,(H2,17,24)(H2,18,20,22);1H. The minimum atomic E-state index is -3.56. The molecule has 1 aromatic heterocycles. The molecule has 2 heterocycles. The number of amides is 1. The van der Waals surface area contributed by atoms with E-state index in [0.29, 0.717) is 12.5 Å². The van der Waals surface area contributed by atoms with Crippen molar-refractivity contribution in [3.8, 4) is 0 Å². The molecule has 0 radical (unpaired) electrons. The van der Waals surface area contributed by atoms with E-state index in [4.69, 9.17) is 5.73 Å². The van der Waals surface area contributed by atoms with E-state index in [1.54, 1.807) is 13.1 Å². The average molecular weight is 525 g/mol. The number of guanidine groups is 1. The summed E-state index contributed by atoms with van der Waals surface area (Å²) in [6, 6.07) is 3.31. The Balaban J connectivity index is 0.00000392. The van der Waals surface area contributed by atoms with Crippen LogP contribution in [0.15, 0.2) is 34.4 Å². The molecule has 5 N–H and O–H groups in total. The number of nitrogens with one attached hydrogen (secondary N) is 3. The number of pyridine rings is 1. The molecule has 12 heteroatoms. The first-order chi connectivity index (χ1) is 12.9. The minimum absolute atomic E-state index is 0. The number of piperidine rings is 1. The van der Waals surface area contributed by atoms with Crippen LogP contribution in [0.1, 0.15) is 12.8 Å². The highest BCUT2D eigenvalue weighted by atomic mass is 127. The van der Waals surface area contributed by atoms with Gasteiger partial charge in [0, 0.05) is 51.7 Å². The number of likely N-dealkylation sites (tertiary alicyclic amines) is 1. The van der Waals surface area contributed by atoms with Crippen LogP contribution in [0.4, 0.5) is 0 Å². The number of sulfonamides is 1. The third-order valence-electron chi connectivity index (χ3n) is 4.19. The van der Waals surface area contributed by atoms with Gasteiger partial charge in [-0.05, 0) is 25.0 Å². The zero-order chi connectivity index (χ0) is 19.7. The normalized spacial score (nSPS) is 16.2. The highest BCUT2D eigenvalue weighted by Crippen LogP contribution is 2.09. The number of carbonyl (C=O) groups is 1. The van der Waals surface area contributed by atoms with Crippen molar-refractivity contribution in [3.05, 3.63) is 24.5 Å². The van der Waals surface area contributed by atoms with Gasteiger partial charge in [-0.1, -0.05) is 0 Å². The molecule has 28 heavy (non-hydrogen) atoms. The van der Waals surface area contributed by atoms with E-state index in [1.165, 1.54) is 18.5 Å². The average Bonchev–Trinajstić information content (AvgIpc) is 2.66. The van der Waals surface area contributed by atoms with Gasteiger partial charge in [0.25, 0.3) is 0 Å². The number of nitrogens with two attached hydrogens (primary N) is 1. The maximum Gasteiger partial charge on any atom is 0.242 e. The fraction of sp³-hybridized carbons (Fsp3) is 0.562. The van der Waals surface area contributed by atoms with Crippen LogP contribution in [0.2, 0.25) is 0 Å². The van der Waals surface area contributed by atoms with Gasteiger partial charge in [0.1, 0.15) is 4.90 Å². The number of aliphatic imine (C=N–C) groups is 1. The van der Waals surface area contributed by atoms with Crippen molar-refractivity contribution in [3.63, 3.8) is 0 Å². The SMILES string of the molecule is CN=C(NCCNS(=O)(=O)c1cccnc1)NC1CCN(CC(N)=O)CC1.I. The second kappa shape index (κ2) is 12.1. The van der Waals surface area contributed by atoms with Gasteiger partial charge >= 0.3 is 0 Å². The van der Waals surface area contributed by atoms with Crippen LogP contribution in [-0.4, -0.2) is 76.0 Å². The predicted octanol–water partition coefficient (Wildman–Crippen LogP) is -0.907. The van der Waals surface area contributed by atoms with E-state index in [0.717, 1.165) is 25.9 Å². The Morgan fingerprint density at radius 2 is 2.07 bits per heavy atom. The number of carbonyl (C=O) groups excluding carboxylic acids is 1. The largest absolute Gasteiger partial charge is 0.369 e. The molecule has 0 atom stereocenters. The molecule has 0 bridgehead atoms. The van der Waals surface area contributed by atoms with Gasteiger partial charge in [-0.25, -0.2) is 13.1 Å². The lowest BCUT2D eigenvalue weighted by atomic mass is 10.1. The molecule has 1 aliphatic heterocycles. The van der Waals surface area contributed by atoms with Crippen molar-refractivity contribution in [2.45, 2.75) is 23.8 Å². The van der Waals surface area contributed by atoms with Crippen LogP contribution in [0.25, 0.3) is 0 Å². The smallest absolute Gasteiger partial charge is 0.242 e. The molecule has 0 spiro atoms. The zero-order valence-corrected chi connectivity index (χ0v) is 18.9. The quantitative estimate of drug-likeness (QED) is 0.149. The molecule has 1 aromatic rings. The van der Waals surface area contributed by atoms with E-state index in [2.05, 4.69) is 25.3 Å². The number of aromatic nitrogens is 1. The molecule has 1 amide bonds. The molecule has 0 unspecified atom stereocenters. The summed E-state index contributed by atoms with van der Waals surface area (Å²) in [4.78, 5) is 21.1. The summed E-state index contributed by atoms with van der Waals surface area (Å²) in [5, 5.41) is 6.41. The van der Waals surface area contributed by atoms with Crippen molar-refractivity contribution in [2.24, 2.45) is 10.7 Å². The highest BCUT2D eigenvalue weighted by molar-refractivity contribution is 14.0. The summed E-state index contributed by atoms with van der Waals surface area (Å²) < 4.78 is 26.7. The van der Waals surface area contributed by atoms with Crippen LogP contribution in [0.3, 0.4) is 0 Å². The molecule has 0 saturated carbocycles. The van der Waals surface area contributed by atoms with Crippen molar-refractivity contribution in [2.75, 3.05) is 39.8 Å². The Hall–Kier alpha value is -1.51. The van der Waals surface area contributed by atoms with Crippen LogP contribution in [0, 0.1) is 0 Å². The number of nitrogens with zero attached hydrogens (tertiary/aromatic N) is 3. The number of hydrogen-bond donors (Lipinski definition) is 4. The summed E-state index contributed by atoms with van der Waals surface area (Å²) in [6.07, 6.45) is 4.58. The molecular weight excluding hydrogens is 497 g/mol. The third kappa shape index (κ3) is 8.24. The maximum absolute atomic E-state index is 12.1. The van der Waals surface area contributed by atoms with Crippen molar-refractivity contribution < 1.29 is 13.2 Å². The van der Waals surface area contributed by atoms with Crippen molar-refractivity contribution in [1.82, 2.24) is 25.2 Å². The Kier molecular flexibility index (Phi) is 10.6. The van der Waals surface area contributed by atoms with Crippen LogP contribution in [-0.2, 0) is 14.8 Å². The Labute approximate surface area is 182 Å². The molecule has 0 aromatic carbocycles. The first-order valence-electron chi connectivity index (χ1n) is 8.78. The summed E-state index contributed by atoms with van der Waals surface area (Å²) in [6.45, 7) is 2.48. The van der Waals surface area contributed by atoms with Gasteiger partial charge in [-0.3, -0.25) is 19.7 Å². The van der Waals surface area contributed by atoms with Crippen LogP contribution >= 0.6 is 24.0 Å². The van der Waals surface area contributed by atoms with Gasteiger partial charge in [0.05, 0.1) is 6.54 Å². The summed E-state index contributed by atoms with van der Waals surface area (Å²) in [5.74, 6) is 0.302. The molecule has 2 rings (SSSR count). The molecule has 1 fully saturated rings. The number of halogens is 1. The highest BCUT2D eigenvalue weighted by Gasteiger charge is 2.20. The van der Waals surface area contributed by atoms with Crippen LogP contribution < -0.4 is 21.1 Å². The number of rotatable bonds is 8. The van der Waals surface area contributed by atoms with Crippen molar-refractivity contribution in [1.29, 1.82) is 0 Å². The van der Waals surface area contributed by atoms with E-state index in [9.17, 15) is 13.2 Å². The Bertz CT molecular complexity index is 738. The van der Waals surface area contributed by atoms with Crippen LogP contribution in [0.5, 0.6) is 0 Å². The van der Waals surface area contributed by atoms with Gasteiger partial charge in [-0.2, -0.15) is 0 Å². The number of primary amides is 1. The maximum atomic E-state index is 12.1. The first kappa shape index (κ1) is 24.5. The van der Waals surface area contributed by atoms with Gasteiger partial charge < -0.3 is 16.4 Å². The predicted molar refractivity (Wildman–Crippen MR) is 118 cm³/mol. The monoisotopic (exact) mass is 525 g/mol. The zero-order valence-electron chi connectivity index (χ0n) is 15.8. The first-order valence-corrected chi connectivity index (χ1v) is 10.3. The molecule has 158 valence electrons. The van der Waals surface area contributed by atoms with E-state index in [-0.39, 0.29) is 53.9 Å². The molecule has 1 saturated heterocycles. The number of hydrogen-bond acceptors (Lipinski definition) is 6. The van der Waals surface area contributed by atoms with E-state index < -0.39 is 10.0 Å². The lowest BCUT2D eigenvalue weighted by molar-refractivity contribution is -0.119. The van der Waals surface area contributed by atoms with E-state index in [1.807, 2.05) is 4.90 Å². The second-order valence-electron chi connectivity index (χ2n) is 6.25. The Morgan fingerprint density at radius 1 is 1.36 bits per heavy atom. The lowest BCUT2D eigenvalue weighted by Crippen LogP contribution is -2.50. The second-order valence-corrected chi connectivity index (χ2v) is 8.01. The summed E-state index contributed by atoms with van der Waals surface area (Å²) >= 11 is 0. The lowest BCUT2D eigenvalue weighted by Gasteiger charge is -2.32. The van der Waals surface area contributed by atoms with Gasteiger partial charge in [-0.15, -0.1) is 24.0 Å². The fourth-order valence-corrected chi connectivity index (χ4v) is 3.79. The van der Waals surface area contributed by atoms with E-state index >= 15 is 0 Å². The third-order valence-corrected chi connectivity index (χ3v) is 5.63. The molecule has 10 nitrogen and oxygen atoms in total. The van der Waals surface area contributed by atoms with Gasteiger partial charge in [0.15, 0.2) is 5.96 Å². The summed E-state index contributed by atoms with van der Waals surface area (Å²) in [7, 11) is -1.90. The fourth-order valence-electron chi connectivity index (χ4n) is 2.80. The summed E-state index contributed by atoms with van der Waals surface area (Å²) in [5.41, 5.74) is 5.22. The molecule has 0 aliphatic carbocycles. The molecule has 1 aliphatic rings. The van der Waals surface area contributed by atoms with Gasteiger partial charge in [0.2, 0.25) is 15.9 Å². The minimum Gasteiger partial charge on any atom is -0.369 e. The van der Waals surface area contributed by atoms with Crippen molar-refractivity contribution >= 4 is 45.9 Å². The molecular formula is C16H28IN7O3S. The Morgan fingerprint density at radius 3 is 2.64 bits per heavy atom. The topological polar surface area (TPSA) is 142 Å².